The zero-order chi connectivity index (χ0) is 18.7. The van der Waals surface area contributed by atoms with Crippen LogP contribution in [-0.4, -0.2) is 37.8 Å². The molecule has 0 unspecified atom stereocenters. The van der Waals surface area contributed by atoms with Gasteiger partial charge in [0.2, 0.25) is 15.2 Å². The molecule has 9 heteroatoms. The van der Waals surface area contributed by atoms with E-state index in [1.807, 2.05) is 30.3 Å². The number of nitrogens with one attached hydrogen (secondary N) is 1. The molecule has 26 heavy (non-hydrogen) atoms. The number of aromatic nitrogens is 2. The normalized spacial score (nSPS) is 11.2. The molecule has 1 heterocycles. The Balaban J connectivity index is 1.85. The third-order valence-electron chi connectivity index (χ3n) is 3.65. The molecule has 0 aliphatic heterocycles. The van der Waals surface area contributed by atoms with Gasteiger partial charge in [0.15, 0.2) is 0 Å². The first-order valence-electron chi connectivity index (χ1n) is 7.59. The summed E-state index contributed by atoms with van der Waals surface area (Å²) in [6.07, 6.45) is 1.08. The summed E-state index contributed by atoms with van der Waals surface area (Å²) in [5.41, 5.74) is 1.43. The molecule has 2 aromatic carbocycles. The summed E-state index contributed by atoms with van der Waals surface area (Å²) >= 11 is 1.24. The van der Waals surface area contributed by atoms with Gasteiger partial charge in [0.1, 0.15) is 5.01 Å². The number of carbonyl (C=O) groups excluding carboxylic acids is 1. The van der Waals surface area contributed by atoms with Crippen LogP contribution in [0.4, 0.5) is 10.8 Å². The van der Waals surface area contributed by atoms with Gasteiger partial charge in [-0.2, -0.15) is 0 Å². The van der Waals surface area contributed by atoms with Gasteiger partial charge in [-0.15, -0.1) is 10.2 Å². The Morgan fingerprint density at radius 2 is 1.69 bits per heavy atom. The van der Waals surface area contributed by atoms with Crippen LogP contribution in [0, 0.1) is 0 Å². The number of anilines is 2. The number of hydrogen-bond acceptors (Lipinski definition) is 6. The second-order valence-electron chi connectivity index (χ2n) is 5.48. The predicted octanol–water partition coefficient (Wildman–Crippen LogP) is 2.85. The monoisotopic (exact) mass is 388 g/mol. The average molecular weight is 388 g/mol. The number of hydrogen-bond donors (Lipinski definition) is 1. The second-order valence-corrected chi connectivity index (χ2v) is 8.47. The lowest BCUT2D eigenvalue weighted by Crippen LogP contribution is -2.27. The summed E-state index contributed by atoms with van der Waals surface area (Å²) in [5, 5.41) is 11.8. The molecule has 3 aromatic rings. The number of sulfonamides is 1. The first kappa shape index (κ1) is 18.0. The van der Waals surface area contributed by atoms with Gasteiger partial charge in [-0.25, -0.2) is 8.42 Å². The highest BCUT2D eigenvalue weighted by molar-refractivity contribution is 7.92. The van der Waals surface area contributed by atoms with Gasteiger partial charge in [-0.1, -0.05) is 53.8 Å². The summed E-state index contributed by atoms with van der Waals surface area (Å²) in [7, 11) is -2.09. The van der Waals surface area contributed by atoms with Crippen molar-refractivity contribution in [2.24, 2.45) is 0 Å². The SMILES string of the molecule is CN(c1ccccc1C(=O)Nc1nnc(-c2ccccc2)s1)S(C)(=O)=O. The molecule has 0 fully saturated rings. The minimum Gasteiger partial charge on any atom is -0.296 e. The fraction of sp³-hybridized carbons (Fsp3) is 0.118. The molecule has 1 N–H and O–H groups in total. The zero-order valence-corrected chi connectivity index (χ0v) is 15.7. The van der Waals surface area contributed by atoms with Gasteiger partial charge in [0, 0.05) is 12.6 Å². The standard InChI is InChI=1S/C17H16N4O3S2/c1-21(26(2,23)24)14-11-7-6-10-13(14)15(22)18-17-20-19-16(25-17)12-8-4-3-5-9-12/h3-11H,1-2H3,(H,18,20,22). The maximum atomic E-state index is 12.6. The molecule has 0 radical (unpaired) electrons. The Hall–Kier alpha value is -2.78. The quantitative estimate of drug-likeness (QED) is 0.726. The minimum atomic E-state index is -3.49. The number of benzene rings is 2. The van der Waals surface area contributed by atoms with Crippen LogP contribution < -0.4 is 9.62 Å². The molecule has 0 aliphatic carbocycles. The van der Waals surface area contributed by atoms with E-state index in [-0.39, 0.29) is 5.56 Å². The topological polar surface area (TPSA) is 92.3 Å². The van der Waals surface area contributed by atoms with Crippen LogP contribution >= 0.6 is 11.3 Å². The lowest BCUT2D eigenvalue weighted by atomic mass is 10.1. The van der Waals surface area contributed by atoms with Crippen molar-refractivity contribution in [1.82, 2.24) is 10.2 Å². The van der Waals surface area contributed by atoms with Gasteiger partial charge >= 0.3 is 0 Å². The van der Waals surface area contributed by atoms with E-state index in [1.165, 1.54) is 18.4 Å². The highest BCUT2D eigenvalue weighted by Crippen LogP contribution is 2.27. The number of nitrogens with zero attached hydrogens (tertiary/aromatic N) is 3. The fourth-order valence-corrected chi connectivity index (χ4v) is 3.52. The summed E-state index contributed by atoms with van der Waals surface area (Å²) < 4.78 is 24.7. The molecule has 0 bridgehead atoms. The smallest absolute Gasteiger partial charge is 0.259 e. The maximum absolute atomic E-state index is 12.6. The summed E-state index contributed by atoms with van der Waals surface area (Å²) in [6, 6.07) is 16.0. The van der Waals surface area contributed by atoms with Crippen molar-refractivity contribution in [3.8, 4) is 10.6 Å². The van der Waals surface area contributed by atoms with Crippen LogP contribution in [0.5, 0.6) is 0 Å². The molecule has 0 spiro atoms. The maximum Gasteiger partial charge on any atom is 0.259 e. The Kier molecular flexibility index (Phi) is 5.01. The summed E-state index contributed by atoms with van der Waals surface area (Å²) in [4.78, 5) is 12.6. The summed E-state index contributed by atoms with van der Waals surface area (Å²) in [5.74, 6) is -0.452. The molecular formula is C17H16N4O3S2. The number of carbonyl (C=O) groups is 1. The van der Waals surface area contributed by atoms with Crippen molar-refractivity contribution in [3.63, 3.8) is 0 Å². The molecule has 1 aromatic heterocycles. The van der Waals surface area contributed by atoms with Gasteiger partial charge < -0.3 is 0 Å². The second kappa shape index (κ2) is 7.22. The van der Waals surface area contributed by atoms with E-state index in [0.29, 0.717) is 15.8 Å². The van der Waals surface area contributed by atoms with Gasteiger partial charge in [-0.05, 0) is 12.1 Å². The molecule has 0 saturated carbocycles. The van der Waals surface area contributed by atoms with Gasteiger partial charge in [0.05, 0.1) is 17.5 Å². The van der Waals surface area contributed by atoms with Crippen LogP contribution in [0.3, 0.4) is 0 Å². The first-order valence-corrected chi connectivity index (χ1v) is 10.3. The van der Waals surface area contributed by atoms with Crippen molar-refractivity contribution in [2.75, 3.05) is 22.9 Å². The zero-order valence-electron chi connectivity index (χ0n) is 14.1. The van der Waals surface area contributed by atoms with Crippen LogP contribution in [0.2, 0.25) is 0 Å². The van der Waals surface area contributed by atoms with Gasteiger partial charge in [-0.3, -0.25) is 14.4 Å². The molecule has 134 valence electrons. The Morgan fingerprint density at radius 1 is 1.04 bits per heavy atom. The third-order valence-corrected chi connectivity index (χ3v) is 5.73. The highest BCUT2D eigenvalue weighted by atomic mass is 32.2. The Labute approximate surface area is 155 Å². The molecule has 7 nitrogen and oxygen atoms in total. The summed E-state index contributed by atoms with van der Waals surface area (Å²) in [6.45, 7) is 0. The third kappa shape index (κ3) is 3.89. The number of rotatable bonds is 5. The van der Waals surface area contributed by atoms with Crippen LogP contribution in [0.25, 0.3) is 10.6 Å². The van der Waals surface area contributed by atoms with Crippen LogP contribution in [0.1, 0.15) is 10.4 Å². The molecule has 0 atom stereocenters. The van der Waals surface area contributed by atoms with E-state index in [0.717, 1.165) is 16.1 Å². The minimum absolute atomic E-state index is 0.233. The van der Waals surface area contributed by atoms with Crippen LogP contribution in [0.15, 0.2) is 54.6 Å². The number of para-hydroxylation sites is 1. The fourth-order valence-electron chi connectivity index (χ4n) is 2.25. The van der Waals surface area contributed by atoms with E-state index in [4.69, 9.17) is 0 Å². The highest BCUT2D eigenvalue weighted by Gasteiger charge is 2.20. The van der Waals surface area contributed by atoms with E-state index >= 15 is 0 Å². The van der Waals surface area contributed by atoms with E-state index < -0.39 is 15.9 Å². The Bertz CT molecular complexity index is 1030. The van der Waals surface area contributed by atoms with Crippen LogP contribution in [-0.2, 0) is 10.0 Å². The number of amides is 1. The van der Waals surface area contributed by atoms with Crippen molar-refractivity contribution in [2.45, 2.75) is 0 Å². The lowest BCUT2D eigenvalue weighted by molar-refractivity contribution is 0.102. The molecule has 0 aliphatic rings. The van der Waals surface area contributed by atoms with E-state index in [1.54, 1.807) is 24.3 Å². The van der Waals surface area contributed by atoms with Crippen molar-refractivity contribution >= 4 is 38.1 Å². The van der Waals surface area contributed by atoms with E-state index in [9.17, 15) is 13.2 Å². The Morgan fingerprint density at radius 3 is 2.38 bits per heavy atom. The van der Waals surface area contributed by atoms with E-state index in [2.05, 4.69) is 15.5 Å². The molecule has 3 rings (SSSR count). The first-order chi connectivity index (χ1) is 12.4. The molecule has 1 amide bonds. The van der Waals surface area contributed by atoms with Crippen molar-refractivity contribution in [3.05, 3.63) is 60.2 Å². The predicted molar refractivity (Wildman–Crippen MR) is 103 cm³/mol. The average Bonchev–Trinajstić information content (AvgIpc) is 3.09. The lowest BCUT2D eigenvalue weighted by Gasteiger charge is -2.19. The van der Waals surface area contributed by atoms with Crippen molar-refractivity contribution < 1.29 is 13.2 Å². The molecular weight excluding hydrogens is 372 g/mol. The molecule has 0 saturated heterocycles. The van der Waals surface area contributed by atoms with Crippen molar-refractivity contribution in [1.29, 1.82) is 0 Å². The van der Waals surface area contributed by atoms with Gasteiger partial charge in [0.25, 0.3) is 5.91 Å². The largest absolute Gasteiger partial charge is 0.296 e.